The van der Waals surface area contributed by atoms with Gasteiger partial charge in [0.05, 0.1) is 11.5 Å². The van der Waals surface area contributed by atoms with E-state index in [1.807, 2.05) is 36.4 Å². The van der Waals surface area contributed by atoms with Gasteiger partial charge in [0.25, 0.3) is 0 Å². The Morgan fingerprint density at radius 3 is 2.60 bits per heavy atom. The van der Waals surface area contributed by atoms with Crippen LogP contribution in [0.25, 0.3) is 16.5 Å². The van der Waals surface area contributed by atoms with E-state index in [0.717, 1.165) is 19.8 Å². The molecule has 7 heteroatoms. The number of likely N-dealkylation sites (N-methyl/N-ethyl adjacent to an activating group) is 1. The van der Waals surface area contributed by atoms with E-state index in [9.17, 15) is 13.2 Å². The van der Waals surface area contributed by atoms with Crippen molar-refractivity contribution in [2.24, 2.45) is 0 Å². The molecule has 2 heterocycles. The number of nitrogens with zero attached hydrogens (tertiary/aromatic N) is 1. The molecule has 0 bridgehead atoms. The van der Waals surface area contributed by atoms with Gasteiger partial charge in [0.15, 0.2) is 9.84 Å². The second-order valence-corrected chi connectivity index (χ2v) is 10.3. The molecule has 1 saturated heterocycles. The third-order valence-corrected chi connectivity index (χ3v) is 7.63. The number of carbonyl (C=O) groups is 1. The van der Waals surface area contributed by atoms with Crippen LogP contribution in [-0.4, -0.2) is 43.8 Å². The molecule has 25 heavy (non-hydrogen) atoms. The summed E-state index contributed by atoms with van der Waals surface area (Å²) in [5.41, 5.74) is 1.13. The first-order valence-corrected chi connectivity index (χ1v) is 11.3. The third-order valence-electron chi connectivity index (χ3n) is 4.25. The van der Waals surface area contributed by atoms with Crippen molar-refractivity contribution in [3.05, 3.63) is 51.8 Å². The van der Waals surface area contributed by atoms with E-state index in [1.54, 1.807) is 24.5 Å². The first-order chi connectivity index (χ1) is 11.8. The Hall–Kier alpha value is -1.44. The predicted octanol–water partition coefficient (Wildman–Crippen LogP) is 3.84. The van der Waals surface area contributed by atoms with Crippen LogP contribution in [0.4, 0.5) is 0 Å². The van der Waals surface area contributed by atoms with E-state index in [1.165, 1.54) is 11.0 Å². The molecule has 1 aromatic carbocycles. The summed E-state index contributed by atoms with van der Waals surface area (Å²) < 4.78 is 24.1. The average Bonchev–Trinajstić information content (AvgIpc) is 3.19. The molecule has 1 amide bonds. The zero-order chi connectivity index (χ0) is 18.0. The molecule has 3 rings (SSSR count). The SMILES string of the molecule is CN(C(=O)C=Cc1ccc(-c2ccc(Br)cc2)s1)C1CCS(=O)(=O)C1. The fourth-order valence-corrected chi connectivity index (χ4v) is 5.70. The highest BCUT2D eigenvalue weighted by Crippen LogP contribution is 2.29. The number of amides is 1. The number of sulfone groups is 1. The lowest BCUT2D eigenvalue weighted by atomic mass is 10.2. The van der Waals surface area contributed by atoms with Crippen LogP contribution >= 0.6 is 27.3 Å². The van der Waals surface area contributed by atoms with Crippen LogP contribution < -0.4 is 0 Å². The minimum absolute atomic E-state index is 0.0653. The third kappa shape index (κ3) is 4.59. The summed E-state index contributed by atoms with van der Waals surface area (Å²) in [4.78, 5) is 15.9. The van der Waals surface area contributed by atoms with Crippen LogP contribution in [0.2, 0.25) is 0 Å². The van der Waals surface area contributed by atoms with Gasteiger partial charge >= 0.3 is 0 Å². The Kier molecular flexibility index (Phi) is 5.46. The summed E-state index contributed by atoms with van der Waals surface area (Å²) in [5.74, 6) is 0.0664. The summed E-state index contributed by atoms with van der Waals surface area (Å²) in [6, 6.07) is 11.9. The quantitative estimate of drug-likeness (QED) is 0.679. The van der Waals surface area contributed by atoms with E-state index < -0.39 is 9.84 Å². The smallest absolute Gasteiger partial charge is 0.246 e. The summed E-state index contributed by atoms with van der Waals surface area (Å²) in [6.45, 7) is 0. The van der Waals surface area contributed by atoms with Gasteiger partial charge in [-0.25, -0.2) is 8.42 Å². The highest BCUT2D eigenvalue weighted by Gasteiger charge is 2.32. The number of benzene rings is 1. The van der Waals surface area contributed by atoms with E-state index in [2.05, 4.69) is 15.9 Å². The summed E-state index contributed by atoms with van der Waals surface area (Å²) in [7, 11) is -1.32. The fourth-order valence-electron chi connectivity index (χ4n) is 2.74. The van der Waals surface area contributed by atoms with Crippen molar-refractivity contribution in [2.45, 2.75) is 12.5 Å². The molecule has 132 valence electrons. The molecule has 1 atom stereocenters. The number of hydrogen-bond acceptors (Lipinski definition) is 4. The Bertz CT molecular complexity index is 901. The second-order valence-electron chi connectivity index (χ2n) is 6.05. The minimum atomic E-state index is -2.99. The summed E-state index contributed by atoms with van der Waals surface area (Å²) in [5, 5.41) is 0. The van der Waals surface area contributed by atoms with Crippen LogP contribution in [0.1, 0.15) is 11.3 Å². The predicted molar refractivity (Wildman–Crippen MR) is 106 cm³/mol. The first-order valence-electron chi connectivity index (χ1n) is 7.85. The Morgan fingerprint density at radius 2 is 1.96 bits per heavy atom. The van der Waals surface area contributed by atoms with Crippen molar-refractivity contribution in [1.82, 2.24) is 4.90 Å². The molecule has 1 aliphatic rings. The average molecular weight is 440 g/mol. The van der Waals surface area contributed by atoms with E-state index in [4.69, 9.17) is 0 Å². The largest absolute Gasteiger partial charge is 0.338 e. The lowest BCUT2D eigenvalue weighted by Crippen LogP contribution is -2.36. The zero-order valence-electron chi connectivity index (χ0n) is 13.7. The molecule has 0 radical (unpaired) electrons. The number of halogens is 1. The molecule has 4 nitrogen and oxygen atoms in total. The van der Waals surface area contributed by atoms with Gasteiger partial charge in [-0.1, -0.05) is 28.1 Å². The molecule has 1 aromatic heterocycles. The molecule has 0 aliphatic carbocycles. The molecule has 1 fully saturated rings. The van der Waals surface area contributed by atoms with Gasteiger partial charge in [0.1, 0.15) is 0 Å². The molecular weight excluding hydrogens is 422 g/mol. The number of thiophene rings is 1. The number of rotatable bonds is 4. The van der Waals surface area contributed by atoms with Gasteiger partial charge in [0, 0.05) is 33.4 Å². The van der Waals surface area contributed by atoms with Crippen molar-refractivity contribution >= 4 is 49.1 Å². The van der Waals surface area contributed by atoms with Gasteiger partial charge in [-0.2, -0.15) is 0 Å². The Labute approximate surface area is 160 Å². The van der Waals surface area contributed by atoms with Gasteiger partial charge in [-0.15, -0.1) is 11.3 Å². The molecule has 0 saturated carbocycles. The van der Waals surface area contributed by atoms with Crippen LogP contribution in [0.15, 0.2) is 46.9 Å². The topological polar surface area (TPSA) is 54.5 Å². The van der Waals surface area contributed by atoms with Crippen molar-refractivity contribution in [3.8, 4) is 10.4 Å². The Balaban J connectivity index is 1.66. The zero-order valence-corrected chi connectivity index (χ0v) is 16.9. The Morgan fingerprint density at radius 1 is 1.24 bits per heavy atom. The first kappa shape index (κ1) is 18.4. The maximum atomic E-state index is 12.3. The van der Waals surface area contributed by atoms with Crippen LogP contribution in [0.3, 0.4) is 0 Å². The fraction of sp³-hybridized carbons (Fsp3) is 0.278. The van der Waals surface area contributed by atoms with Crippen molar-refractivity contribution in [3.63, 3.8) is 0 Å². The molecule has 2 aromatic rings. The van der Waals surface area contributed by atoms with Crippen LogP contribution in [-0.2, 0) is 14.6 Å². The van der Waals surface area contributed by atoms with E-state index >= 15 is 0 Å². The summed E-state index contributed by atoms with van der Waals surface area (Å²) >= 11 is 5.03. The maximum absolute atomic E-state index is 12.3. The van der Waals surface area contributed by atoms with E-state index in [0.29, 0.717) is 6.42 Å². The van der Waals surface area contributed by atoms with Gasteiger partial charge in [-0.3, -0.25) is 4.79 Å². The molecule has 0 N–H and O–H groups in total. The lowest BCUT2D eigenvalue weighted by molar-refractivity contribution is -0.126. The van der Waals surface area contributed by atoms with Gasteiger partial charge in [0.2, 0.25) is 5.91 Å². The van der Waals surface area contributed by atoms with Crippen molar-refractivity contribution in [2.75, 3.05) is 18.6 Å². The highest BCUT2D eigenvalue weighted by molar-refractivity contribution is 9.10. The lowest BCUT2D eigenvalue weighted by Gasteiger charge is -2.21. The molecule has 1 aliphatic heterocycles. The second kappa shape index (κ2) is 7.43. The standard InChI is InChI=1S/C18H18BrNO3S2/c1-20(15-10-11-25(22,23)12-15)18(21)9-7-16-6-8-17(24-16)13-2-4-14(19)5-3-13/h2-9,15H,10-12H2,1H3. The van der Waals surface area contributed by atoms with E-state index in [-0.39, 0.29) is 23.5 Å². The molecular formula is C18H18BrNO3S2. The van der Waals surface area contributed by atoms with Gasteiger partial charge < -0.3 is 4.90 Å². The van der Waals surface area contributed by atoms with Crippen LogP contribution in [0, 0.1) is 0 Å². The summed E-state index contributed by atoms with van der Waals surface area (Å²) in [6.07, 6.45) is 3.82. The molecule has 0 spiro atoms. The van der Waals surface area contributed by atoms with Crippen molar-refractivity contribution < 1.29 is 13.2 Å². The normalized spacial score (nSPS) is 19.4. The van der Waals surface area contributed by atoms with Crippen molar-refractivity contribution in [1.29, 1.82) is 0 Å². The highest BCUT2D eigenvalue weighted by atomic mass is 79.9. The maximum Gasteiger partial charge on any atom is 0.246 e. The van der Waals surface area contributed by atoms with Gasteiger partial charge in [-0.05, 0) is 42.3 Å². The molecule has 1 unspecified atom stereocenters. The van der Waals surface area contributed by atoms with Crippen LogP contribution in [0.5, 0.6) is 0 Å². The number of hydrogen-bond donors (Lipinski definition) is 0. The monoisotopic (exact) mass is 439 g/mol. The number of carbonyl (C=O) groups excluding carboxylic acids is 1. The minimum Gasteiger partial charge on any atom is -0.338 e.